The van der Waals surface area contributed by atoms with Crippen molar-refractivity contribution in [1.29, 1.82) is 0 Å². The summed E-state index contributed by atoms with van der Waals surface area (Å²) in [6.45, 7) is 0. The average Bonchev–Trinajstić information content (AvgIpc) is 2.38. The Bertz CT molecular complexity index is 670. The van der Waals surface area contributed by atoms with Crippen molar-refractivity contribution in [2.45, 2.75) is 4.90 Å². The maximum absolute atomic E-state index is 11.9. The van der Waals surface area contributed by atoms with Gasteiger partial charge >= 0.3 is 0 Å². The second kappa shape index (κ2) is 6.44. The molecular weight excluding hydrogens is 312 g/mol. The molecular formula is C10H9ClN2O6S. The number of rotatable bonds is 6. The molecule has 0 fully saturated rings. The number of non-ortho nitro benzene ring substituents is 1. The van der Waals surface area contributed by atoms with Gasteiger partial charge in [0.2, 0.25) is 0 Å². The highest BCUT2D eigenvalue weighted by Gasteiger charge is 2.27. The number of hydrogen-bond acceptors (Lipinski definition) is 6. The van der Waals surface area contributed by atoms with E-state index in [4.69, 9.17) is 11.6 Å². The molecule has 0 spiro atoms. The fourth-order valence-corrected chi connectivity index (χ4v) is 2.79. The van der Waals surface area contributed by atoms with Crippen molar-refractivity contribution in [2.24, 2.45) is 0 Å². The van der Waals surface area contributed by atoms with E-state index in [1.54, 1.807) is 0 Å². The Kier molecular flexibility index (Phi) is 5.17. The normalized spacial score (nSPS) is 11.7. The molecule has 8 nitrogen and oxygen atoms in total. The van der Waals surface area contributed by atoms with Crippen LogP contribution in [0.15, 0.2) is 35.2 Å². The van der Waals surface area contributed by atoms with Crippen molar-refractivity contribution in [3.63, 3.8) is 0 Å². The summed E-state index contributed by atoms with van der Waals surface area (Å²) in [6, 6.07) is 2.39. The van der Waals surface area contributed by atoms with E-state index < -0.39 is 41.7 Å². The molecule has 0 heterocycles. The third-order valence-corrected chi connectivity index (χ3v) is 4.08. The van der Waals surface area contributed by atoms with Gasteiger partial charge in [-0.3, -0.25) is 20.2 Å². The number of allylic oxidation sites excluding steroid dienone is 1. The van der Waals surface area contributed by atoms with Gasteiger partial charge in [-0.25, -0.2) is 8.42 Å². The molecule has 1 aromatic rings. The Hall–Kier alpha value is -2.00. The SMILES string of the molecule is O=[N+]([O-])c1ccc(S(=O)(=O)C/C=C\CCl)c([N+](=O)[O-])c1. The maximum atomic E-state index is 11.9. The summed E-state index contributed by atoms with van der Waals surface area (Å²) < 4.78 is 23.9. The summed E-state index contributed by atoms with van der Waals surface area (Å²) in [5.41, 5.74) is -1.37. The molecule has 0 bridgehead atoms. The lowest BCUT2D eigenvalue weighted by Crippen LogP contribution is -2.08. The van der Waals surface area contributed by atoms with Gasteiger partial charge in [0.15, 0.2) is 9.84 Å². The minimum Gasteiger partial charge on any atom is -0.258 e. The summed E-state index contributed by atoms with van der Waals surface area (Å²) in [5, 5.41) is 21.4. The van der Waals surface area contributed by atoms with E-state index in [1.165, 1.54) is 12.2 Å². The summed E-state index contributed by atoms with van der Waals surface area (Å²) in [5.74, 6) is -0.365. The molecule has 1 rings (SSSR count). The first-order valence-corrected chi connectivity index (χ1v) is 7.35. The topological polar surface area (TPSA) is 120 Å². The van der Waals surface area contributed by atoms with Gasteiger partial charge in [-0.2, -0.15) is 0 Å². The molecule has 0 unspecified atom stereocenters. The Morgan fingerprint density at radius 1 is 1.15 bits per heavy atom. The smallest absolute Gasteiger partial charge is 0.258 e. The summed E-state index contributed by atoms with van der Waals surface area (Å²) in [6.07, 6.45) is 2.64. The van der Waals surface area contributed by atoms with Crippen molar-refractivity contribution < 1.29 is 18.3 Å². The molecule has 0 saturated carbocycles. The standard InChI is InChI=1S/C10H9ClN2O6S/c11-5-1-2-6-20(18,19)10-4-3-8(12(14)15)7-9(10)13(16)17/h1-4,7H,5-6H2/b2-1-. The monoisotopic (exact) mass is 320 g/mol. The zero-order valence-corrected chi connectivity index (χ0v) is 11.5. The molecule has 10 heteroatoms. The van der Waals surface area contributed by atoms with Crippen molar-refractivity contribution in [3.8, 4) is 0 Å². The fraction of sp³-hybridized carbons (Fsp3) is 0.200. The van der Waals surface area contributed by atoms with E-state index in [2.05, 4.69) is 0 Å². The number of sulfone groups is 1. The third kappa shape index (κ3) is 3.75. The lowest BCUT2D eigenvalue weighted by molar-refractivity contribution is -0.396. The van der Waals surface area contributed by atoms with E-state index in [9.17, 15) is 28.6 Å². The van der Waals surface area contributed by atoms with Gasteiger partial charge in [0, 0.05) is 11.9 Å². The molecule has 0 radical (unpaired) electrons. The molecule has 20 heavy (non-hydrogen) atoms. The molecule has 0 aliphatic carbocycles. The van der Waals surface area contributed by atoms with Crippen LogP contribution in [0.5, 0.6) is 0 Å². The highest BCUT2D eigenvalue weighted by atomic mass is 35.5. The zero-order valence-electron chi connectivity index (χ0n) is 9.93. The van der Waals surface area contributed by atoms with Crippen LogP contribution in [0, 0.1) is 20.2 Å². The Morgan fingerprint density at radius 3 is 2.30 bits per heavy atom. The Labute approximate surface area is 118 Å². The molecule has 108 valence electrons. The largest absolute Gasteiger partial charge is 0.294 e. The second-order valence-corrected chi connectivity index (χ2v) is 5.88. The van der Waals surface area contributed by atoms with E-state index >= 15 is 0 Å². The third-order valence-electron chi connectivity index (χ3n) is 2.26. The molecule has 0 aliphatic heterocycles. The maximum Gasteiger partial charge on any atom is 0.294 e. The molecule has 0 saturated heterocycles. The molecule has 0 atom stereocenters. The van der Waals surface area contributed by atoms with Gasteiger partial charge < -0.3 is 0 Å². The molecule has 0 amide bonds. The minimum atomic E-state index is -3.96. The van der Waals surface area contributed by atoms with Crippen molar-refractivity contribution >= 4 is 32.8 Å². The second-order valence-electron chi connectivity index (χ2n) is 3.57. The quantitative estimate of drug-likeness (QED) is 0.342. The first kappa shape index (κ1) is 16.1. The van der Waals surface area contributed by atoms with Gasteiger partial charge in [0.05, 0.1) is 21.7 Å². The van der Waals surface area contributed by atoms with Crippen LogP contribution < -0.4 is 0 Å². The Balaban J connectivity index is 3.34. The average molecular weight is 321 g/mol. The summed E-state index contributed by atoms with van der Waals surface area (Å²) in [7, 11) is -3.96. The van der Waals surface area contributed by atoms with Gasteiger partial charge in [0.25, 0.3) is 11.4 Å². The highest BCUT2D eigenvalue weighted by Crippen LogP contribution is 2.29. The highest BCUT2D eigenvalue weighted by molar-refractivity contribution is 7.91. The number of benzene rings is 1. The molecule has 0 aliphatic rings. The van der Waals surface area contributed by atoms with Crippen molar-refractivity contribution in [2.75, 3.05) is 11.6 Å². The first-order chi connectivity index (χ1) is 9.29. The molecule has 0 aromatic heterocycles. The molecule has 1 aromatic carbocycles. The van der Waals surface area contributed by atoms with Crippen LogP contribution in [-0.2, 0) is 9.84 Å². The van der Waals surface area contributed by atoms with Gasteiger partial charge in [-0.15, -0.1) is 11.6 Å². The van der Waals surface area contributed by atoms with Gasteiger partial charge in [0.1, 0.15) is 4.90 Å². The van der Waals surface area contributed by atoms with Crippen LogP contribution in [0.4, 0.5) is 11.4 Å². The lowest BCUT2D eigenvalue weighted by atomic mass is 10.3. The van der Waals surface area contributed by atoms with Crippen molar-refractivity contribution in [3.05, 3.63) is 50.6 Å². The molecule has 0 N–H and O–H groups in total. The predicted octanol–water partition coefficient (Wildman–Crippen LogP) is 2.07. The van der Waals surface area contributed by atoms with Gasteiger partial charge in [-0.05, 0) is 6.07 Å². The lowest BCUT2D eigenvalue weighted by Gasteiger charge is -2.03. The number of halogens is 1. The van der Waals surface area contributed by atoms with Crippen LogP contribution in [0.1, 0.15) is 0 Å². The number of nitrogens with zero attached hydrogens (tertiary/aromatic N) is 2. The minimum absolute atomic E-state index is 0.109. The van der Waals surface area contributed by atoms with Crippen LogP contribution in [0.3, 0.4) is 0 Å². The number of nitro groups is 2. The van der Waals surface area contributed by atoms with Gasteiger partial charge in [-0.1, -0.05) is 12.2 Å². The van der Waals surface area contributed by atoms with E-state index in [0.717, 1.165) is 12.1 Å². The number of hydrogen-bond donors (Lipinski definition) is 0. The van der Waals surface area contributed by atoms with Crippen LogP contribution in [0.2, 0.25) is 0 Å². The van der Waals surface area contributed by atoms with Crippen LogP contribution in [0.25, 0.3) is 0 Å². The van der Waals surface area contributed by atoms with E-state index in [1.807, 2.05) is 0 Å². The summed E-state index contributed by atoms with van der Waals surface area (Å²) in [4.78, 5) is 19.0. The number of nitro benzene ring substituents is 2. The number of alkyl halides is 1. The van der Waals surface area contributed by atoms with Crippen LogP contribution in [-0.4, -0.2) is 29.9 Å². The fourth-order valence-electron chi connectivity index (χ4n) is 1.37. The first-order valence-electron chi connectivity index (χ1n) is 5.16. The van der Waals surface area contributed by atoms with Crippen molar-refractivity contribution in [1.82, 2.24) is 0 Å². The Morgan fingerprint density at radius 2 is 1.80 bits per heavy atom. The van der Waals surface area contributed by atoms with E-state index in [0.29, 0.717) is 6.07 Å². The zero-order chi connectivity index (χ0) is 15.3. The van der Waals surface area contributed by atoms with E-state index in [-0.39, 0.29) is 5.88 Å². The summed E-state index contributed by atoms with van der Waals surface area (Å²) >= 11 is 5.35. The van der Waals surface area contributed by atoms with Crippen LogP contribution >= 0.6 is 11.6 Å². The predicted molar refractivity (Wildman–Crippen MR) is 71.7 cm³/mol.